The van der Waals surface area contributed by atoms with Crippen molar-refractivity contribution in [3.63, 3.8) is 0 Å². The molecule has 1 aliphatic carbocycles. The van der Waals surface area contributed by atoms with E-state index < -0.39 is 0 Å². The van der Waals surface area contributed by atoms with Gasteiger partial charge < -0.3 is 4.57 Å². The summed E-state index contributed by atoms with van der Waals surface area (Å²) in [5.41, 5.74) is 9.59. The molecule has 4 heteroatoms. The minimum Gasteiger partial charge on any atom is -0.309 e. The summed E-state index contributed by atoms with van der Waals surface area (Å²) >= 11 is 0. The molecule has 0 radical (unpaired) electrons. The van der Waals surface area contributed by atoms with Crippen molar-refractivity contribution >= 4 is 54.1 Å². The van der Waals surface area contributed by atoms with E-state index in [1.165, 1.54) is 60.9 Å². The van der Waals surface area contributed by atoms with E-state index in [0.717, 1.165) is 39.6 Å². The monoisotopic (exact) mass is 734 g/mol. The van der Waals surface area contributed by atoms with Crippen molar-refractivity contribution in [1.82, 2.24) is 19.5 Å². The second kappa shape index (κ2) is 12.4. The summed E-state index contributed by atoms with van der Waals surface area (Å²) < 4.78 is 2.52. The molecule has 0 unspecified atom stereocenters. The summed E-state index contributed by atoms with van der Waals surface area (Å²) in [6.07, 6.45) is 2.34. The fraction of sp³-hybridized carbons (Fsp3) is 0.151. The summed E-state index contributed by atoms with van der Waals surface area (Å²) in [4.78, 5) is 15.3. The fourth-order valence-electron chi connectivity index (χ4n) is 9.53. The first kappa shape index (κ1) is 33.7. The van der Waals surface area contributed by atoms with Gasteiger partial charge in [0.25, 0.3) is 0 Å². The van der Waals surface area contributed by atoms with E-state index in [9.17, 15) is 0 Å². The van der Waals surface area contributed by atoms with Crippen LogP contribution in [0.25, 0.3) is 94.0 Å². The van der Waals surface area contributed by atoms with Gasteiger partial charge in [-0.3, -0.25) is 0 Å². The first-order valence-corrected chi connectivity index (χ1v) is 20.1. The molecule has 57 heavy (non-hydrogen) atoms. The predicted molar refractivity (Wildman–Crippen MR) is 238 cm³/mol. The molecule has 0 fully saturated rings. The Morgan fingerprint density at radius 2 is 0.965 bits per heavy atom. The molecule has 10 aromatic rings. The number of rotatable bonds is 4. The van der Waals surface area contributed by atoms with Gasteiger partial charge in [0.15, 0.2) is 17.5 Å². The Hall–Kier alpha value is -6.65. The van der Waals surface area contributed by atoms with E-state index in [1.807, 2.05) is 18.2 Å². The first-order chi connectivity index (χ1) is 27.7. The third-order valence-corrected chi connectivity index (χ3v) is 12.7. The van der Waals surface area contributed by atoms with Gasteiger partial charge in [-0.1, -0.05) is 149 Å². The maximum atomic E-state index is 5.17. The molecule has 0 aliphatic heterocycles. The van der Waals surface area contributed by atoms with Gasteiger partial charge in [-0.05, 0) is 98.1 Å². The van der Waals surface area contributed by atoms with Gasteiger partial charge in [0.05, 0.1) is 11.0 Å². The lowest BCUT2D eigenvalue weighted by atomic mass is 9.63. The lowest BCUT2D eigenvalue weighted by Gasteiger charge is -2.42. The Kier molecular flexibility index (Phi) is 7.34. The summed E-state index contributed by atoms with van der Waals surface area (Å²) in [6.45, 7) is 9.69. The molecule has 2 aromatic heterocycles. The average molecular weight is 735 g/mol. The number of aromatic nitrogens is 4. The molecule has 0 saturated heterocycles. The van der Waals surface area contributed by atoms with E-state index in [0.29, 0.717) is 17.5 Å². The molecule has 1 aliphatic rings. The van der Waals surface area contributed by atoms with Gasteiger partial charge in [-0.25, -0.2) is 15.0 Å². The second-order valence-electron chi connectivity index (χ2n) is 17.1. The number of fused-ring (bicyclic) bond motifs is 10. The van der Waals surface area contributed by atoms with Crippen LogP contribution in [0.5, 0.6) is 0 Å². The van der Waals surface area contributed by atoms with Gasteiger partial charge in [-0.15, -0.1) is 0 Å². The third-order valence-electron chi connectivity index (χ3n) is 12.7. The van der Waals surface area contributed by atoms with Crippen molar-refractivity contribution in [2.24, 2.45) is 0 Å². The molecule has 274 valence electrons. The van der Waals surface area contributed by atoms with Gasteiger partial charge in [0.1, 0.15) is 0 Å². The van der Waals surface area contributed by atoms with Crippen LogP contribution in [-0.2, 0) is 10.8 Å². The second-order valence-corrected chi connectivity index (χ2v) is 17.1. The van der Waals surface area contributed by atoms with Crippen LogP contribution < -0.4 is 0 Å². The zero-order valence-corrected chi connectivity index (χ0v) is 32.7. The van der Waals surface area contributed by atoms with Crippen LogP contribution in [-0.4, -0.2) is 19.5 Å². The molecule has 11 rings (SSSR count). The Labute approximate surface area is 332 Å². The molecule has 2 heterocycles. The van der Waals surface area contributed by atoms with Crippen LogP contribution in [0, 0.1) is 0 Å². The van der Waals surface area contributed by atoms with Gasteiger partial charge in [0.2, 0.25) is 0 Å². The van der Waals surface area contributed by atoms with E-state index in [-0.39, 0.29) is 10.8 Å². The molecule has 8 aromatic carbocycles. The predicted octanol–water partition coefficient (Wildman–Crippen LogP) is 13.8. The number of benzene rings is 8. The lowest BCUT2D eigenvalue weighted by molar-refractivity contribution is 0.332. The maximum absolute atomic E-state index is 5.17. The highest BCUT2D eigenvalue weighted by molar-refractivity contribution is 6.32. The van der Waals surface area contributed by atoms with Crippen LogP contribution in [0.3, 0.4) is 0 Å². The molecular formula is C53H42N4. The average Bonchev–Trinajstić information content (AvgIpc) is 3.60. The molecular weight excluding hydrogens is 693 g/mol. The van der Waals surface area contributed by atoms with Crippen LogP contribution >= 0.6 is 0 Å². The quantitative estimate of drug-likeness (QED) is 0.169. The van der Waals surface area contributed by atoms with Crippen molar-refractivity contribution in [3.8, 4) is 39.9 Å². The van der Waals surface area contributed by atoms with Gasteiger partial charge >= 0.3 is 0 Å². The highest BCUT2D eigenvalue weighted by Crippen LogP contribution is 2.50. The highest BCUT2D eigenvalue weighted by Gasteiger charge is 2.38. The van der Waals surface area contributed by atoms with Crippen LogP contribution in [0.4, 0.5) is 0 Å². The van der Waals surface area contributed by atoms with Crippen LogP contribution in [0.1, 0.15) is 51.7 Å². The summed E-state index contributed by atoms with van der Waals surface area (Å²) in [5.74, 6) is 1.97. The topological polar surface area (TPSA) is 43.6 Å². The molecule has 4 nitrogen and oxygen atoms in total. The zero-order chi connectivity index (χ0) is 38.5. The van der Waals surface area contributed by atoms with Crippen LogP contribution in [0.2, 0.25) is 0 Å². The summed E-state index contributed by atoms with van der Waals surface area (Å²) in [6, 6.07) is 56.7. The molecule has 0 atom stereocenters. The van der Waals surface area contributed by atoms with E-state index >= 15 is 0 Å². The largest absolute Gasteiger partial charge is 0.309 e. The number of nitrogens with zero attached hydrogens (tertiary/aromatic N) is 4. The summed E-state index contributed by atoms with van der Waals surface area (Å²) in [5, 5.41) is 10.0. The molecule has 0 saturated carbocycles. The molecule has 0 amide bonds. The first-order valence-electron chi connectivity index (χ1n) is 20.1. The van der Waals surface area contributed by atoms with Gasteiger partial charge in [0, 0.05) is 38.5 Å². The Morgan fingerprint density at radius 1 is 0.439 bits per heavy atom. The zero-order valence-electron chi connectivity index (χ0n) is 32.7. The highest BCUT2D eigenvalue weighted by atomic mass is 15.0. The van der Waals surface area contributed by atoms with E-state index in [4.69, 9.17) is 15.0 Å². The SMILES string of the molecule is CC1(C)CCC(C)(C)c2cc3c(cc21)c1c2ccccc2c2ccccc2c1n3-c1ccc(-c2nc(-c3ccccc3)nc(-c3cccc4ccccc34)n2)cc1. The minimum absolute atomic E-state index is 0.0747. The summed E-state index contributed by atoms with van der Waals surface area (Å²) in [7, 11) is 0. The van der Waals surface area contributed by atoms with Crippen molar-refractivity contribution in [2.75, 3.05) is 0 Å². The molecule has 0 bridgehead atoms. The smallest absolute Gasteiger partial charge is 0.164 e. The van der Waals surface area contributed by atoms with Crippen molar-refractivity contribution in [2.45, 2.75) is 51.4 Å². The van der Waals surface area contributed by atoms with Crippen molar-refractivity contribution in [3.05, 3.63) is 169 Å². The molecule has 0 spiro atoms. The minimum atomic E-state index is 0.0747. The van der Waals surface area contributed by atoms with Crippen LogP contribution in [0.15, 0.2) is 158 Å². The number of hydrogen-bond donors (Lipinski definition) is 0. The standard InChI is InChI=1S/C53H42N4/c1-52(2)29-30-53(3,4)45-32-46-43(31-44(45)52)47-40-22-12-10-20-38(40)39-21-11-13-23-41(39)48(47)57(46)36-27-25-35(26-28-36)50-54-49(34-16-6-5-7-17-34)55-51(56-50)42-24-14-18-33-15-8-9-19-37(33)42/h5-28,31-32H,29-30H2,1-4H3. The van der Waals surface area contributed by atoms with Crippen molar-refractivity contribution < 1.29 is 0 Å². The third kappa shape index (κ3) is 5.24. The molecule has 0 N–H and O–H groups in total. The fourth-order valence-corrected chi connectivity index (χ4v) is 9.53. The normalized spacial score (nSPS) is 14.8. The van der Waals surface area contributed by atoms with Crippen molar-refractivity contribution in [1.29, 1.82) is 0 Å². The van der Waals surface area contributed by atoms with E-state index in [1.54, 1.807) is 0 Å². The Morgan fingerprint density at radius 3 is 1.67 bits per heavy atom. The van der Waals surface area contributed by atoms with Gasteiger partial charge in [-0.2, -0.15) is 0 Å². The lowest BCUT2D eigenvalue weighted by Crippen LogP contribution is -2.33. The Bertz CT molecular complexity index is 3220. The number of hydrogen-bond acceptors (Lipinski definition) is 3. The Balaban J connectivity index is 1.16. The van der Waals surface area contributed by atoms with E-state index in [2.05, 4.69) is 172 Å². The maximum Gasteiger partial charge on any atom is 0.164 e.